The minimum atomic E-state index is 0.567. The third-order valence-corrected chi connectivity index (χ3v) is 1.32. The van der Waals surface area contributed by atoms with E-state index in [1.165, 1.54) is 0 Å². The van der Waals surface area contributed by atoms with Crippen molar-refractivity contribution in [2.45, 2.75) is 6.92 Å². The first-order valence-electron chi connectivity index (χ1n) is 3.06. The smallest absolute Gasteiger partial charge is 0.0400 e. The van der Waals surface area contributed by atoms with Gasteiger partial charge < -0.3 is 5.73 Å². The van der Waals surface area contributed by atoms with Crippen molar-refractivity contribution < 1.29 is 0 Å². The van der Waals surface area contributed by atoms with Gasteiger partial charge in [-0.2, -0.15) is 0 Å². The fraction of sp³-hybridized carbons (Fsp3) is 0.250. The zero-order valence-corrected chi connectivity index (χ0v) is 6.86. The molecule has 2 heteroatoms. The lowest BCUT2D eigenvalue weighted by Gasteiger charge is -1.89. The molecule has 0 aliphatic carbocycles. The Balaban J connectivity index is 4.03. The topological polar surface area (TPSA) is 26.0 Å². The average Bonchev–Trinajstić information content (AvgIpc) is 1.99. The molecule has 0 amide bonds. The second-order valence-corrected chi connectivity index (χ2v) is 2.41. The fourth-order valence-electron chi connectivity index (χ4n) is 0.358. The number of hydrogen-bond donors (Lipinski definition) is 1. The lowest BCUT2D eigenvalue weighted by Crippen LogP contribution is -1.98. The van der Waals surface area contributed by atoms with Crippen LogP contribution in [0, 0.1) is 0 Å². The molecule has 0 spiro atoms. The van der Waals surface area contributed by atoms with Crippen LogP contribution in [0.4, 0.5) is 0 Å². The Morgan fingerprint density at radius 2 is 2.20 bits per heavy atom. The van der Waals surface area contributed by atoms with Gasteiger partial charge >= 0.3 is 0 Å². The van der Waals surface area contributed by atoms with Crippen molar-refractivity contribution in [1.82, 2.24) is 0 Å². The van der Waals surface area contributed by atoms with Crippen LogP contribution in [0.1, 0.15) is 6.92 Å². The van der Waals surface area contributed by atoms with Crippen molar-refractivity contribution in [3.8, 4) is 0 Å². The van der Waals surface area contributed by atoms with Crippen molar-refractivity contribution >= 4 is 11.6 Å². The number of hydrogen-bond acceptors (Lipinski definition) is 1. The van der Waals surface area contributed by atoms with Crippen molar-refractivity contribution in [3.05, 3.63) is 35.4 Å². The molecule has 0 aromatic rings. The monoisotopic (exact) mass is 157 g/mol. The molecule has 0 saturated carbocycles. The largest absolute Gasteiger partial charge is 0.327 e. The lowest BCUT2D eigenvalue weighted by molar-refractivity contribution is 1.14. The zero-order valence-electron chi connectivity index (χ0n) is 6.10. The molecule has 0 rings (SSSR count). The van der Waals surface area contributed by atoms with E-state index in [0.29, 0.717) is 11.6 Å². The van der Waals surface area contributed by atoms with E-state index in [-0.39, 0.29) is 0 Å². The Morgan fingerprint density at radius 3 is 2.60 bits per heavy atom. The Morgan fingerprint density at radius 1 is 1.60 bits per heavy atom. The molecule has 0 aromatic heterocycles. The molecule has 0 aliphatic heterocycles. The van der Waals surface area contributed by atoms with Gasteiger partial charge in [0.25, 0.3) is 0 Å². The third-order valence-electron chi connectivity index (χ3n) is 1.04. The van der Waals surface area contributed by atoms with E-state index in [9.17, 15) is 0 Å². The van der Waals surface area contributed by atoms with Gasteiger partial charge in [-0.1, -0.05) is 35.9 Å². The number of allylic oxidation sites excluding steroid dienone is 4. The van der Waals surface area contributed by atoms with Crippen LogP contribution in [0.5, 0.6) is 0 Å². The van der Waals surface area contributed by atoms with Gasteiger partial charge in [-0.3, -0.25) is 0 Å². The van der Waals surface area contributed by atoms with E-state index in [1.807, 2.05) is 13.0 Å². The van der Waals surface area contributed by atoms with E-state index < -0.39 is 0 Å². The van der Waals surface area contributed by atoms with E-state index in [0.717, 1.165) is 5.57 Å². The molecule has 0 heterocycles. The summed E-state index contributed by atoms with van der Waals surface area (Å²) in [5.41, 5.74) is 6.43. The first-order chi connectivity index (χ1) is 4.70. The highest BCUT2D eigenvalue weighted by molar-refractivity contribution is 6.31. The Kier molecular flexibility index (Phi) is 4.99. The van der Waals surface area contributed by atoms with Crippen LogP contribution >= 0.6 is 11.6 Å². The highest BCUT2D eigenvalue weighted by Crippen LogP contribution is 2.02. The van der Waals surface area contributed by atoms with E-state index in [1.54, 1.807) is 12.2 Å². The summed E-state index contributed by atoms with van der Waals surface area (Å²) >= 11 is 5.62. The maximum atomic E-state index is 5.62. The molecule has 0 atom stereocenters. The number of halogens is 1. The normalized spacial score (nSPS) is 13.5. The van der Waals surface area contributed by atoms with Crippen LogP contribution in [0.25, 0.3) is 0 Å². The third kappa shape index (κ3) is 4.36. The molecule has 2 N–H and O–H groups in total. The van der Waals surface area contributed by atoms with Crippen molar-refractivity contribution in [1.29, 1.82) is 0 Å². The molecule has 1 nitrogen and oxygen atoms in total. The summed E-state index contributed by atoms with van der Waals surface area (Å²) in [4.78, 5) is 0. The predicted molar refractivity (Wildman–Crippen MR) is 46.9 cm³/mol. The molecule has 10 heavy (non-hydrogen) atoms. The van der Waals surface area contributed by atoms with Crippen molar-refractivity contribution in [2.75, 3.05) is 6.54 Å². The molecular weight excluding hydrogens is 146 g/mol. The maximum absolute atomic E-state index is 5.62. The second kappa shape index (κ2) is 5.27. The molecule has 0 radical (unpaired) electrons. The predicted octanol–water partition coefficient (Wildman–Crippen LogP) is 2.20. The first kappa shape index (κ1) is 9.47. The summed E-state index contributed by atoms with van der Waals surface area (Å²) in [6, 6.07) is 0. The molecule has 0 unspecified atom stereocenters. The van der Waals surface area contributed by atoms with Crippen molar-refractivity contribution in [3.63, 3.8) is 0 Å². The van der Waals surface area contributed by atoms with E-state index in [4.69, 9.17) is 17.3 Å². The molecule has 56 valence electrons. The summed E-state index contributed by atoms with van der Waals surface area (Å²) in [6.07, 6.45) is 5.24. The van der Waals surface area contributed by atoms with Crippen LogP contribution in [-0.2, 0) is 0 Å². The minimum absolute atomic E-state index is 0.567. The van der Waals surface area contributed by atoms with Gasteiger partial charge in [0.15, 0.2) is 0 Å². The molecular formula is C8H12ClN. The summed E-state index contributed by atoms with van der Waals surface area (Å²) < 4.78 is 0. The lowest BCUT2D eigenvalue weighted by atomic mass is 10.3. The van der Waals surface area contributed by atoms with Gasteiger partial charge in [-0.25, -0.2) is 0 Å². The SMILES string of the molecule is C=C/C(Cl)=C\C=C(\C)CN. The van der Waals surface area contributed by atoms with E-state index in [2.05, 4.69) is 6.58 Å². The molecule has 0 fully saturated rings. The van der Waals surface area contributed by atoms with Crippen LogP contribution in [0.15, 0.2) is 35.4 Å². The van der Waals surface area contributed by atoms with Crippen LogP contribution in [0.2, 0.25) is 0 Å². The van der Waals surface area contributed by atoms with Gasteiger partial charge in [-0.15, -0.1) is 0 Å². The summed E-state index contributed by atoms with van der Waals surface area (Å²) in [5.74, 6) is 0. The average molecular weight is 158 g/mol. The molecule has 0 aromatic carbocycles. The highest BCUT2D eigenvalue weighted by Gasteiger charge is 1.81. The summed E-state index contributed by atoms with van der Waals surface area (Å²) in [5, 5.41) is 0.632. The Labute approximate surface area is 66.9 Å². The summed E-state index contributed by atoms with van der Waals surface area (Å²) in [6.45, 7) is 6.02. The van der Waals surface area contributed by atoms with Gasteiger partial charge in [0.05, 0.1) is 0 Å². The Hall–Kier alpha value is -0.530. The van der Waals surface area contributed by atoms with Gasteiger partial charge in [0.1, 0.15) is 0 Å². The van der Waals surface area contributed by atoms with Crippen LogP contribution in [-0.4, -0.2) is 6.54 Å². The zero-order chi connectivity index (χ0) is 7.98. The van der Waals surface area contributed by atoms with E-state index >= 15 is 0 Å². The second-order valence-electron chi connectivity index (χ2n) is 1.97. The number of nitrogens with two attached hydrogens (primary N) is 1. The standard InChI is InChI=1S/C8H12ClN/c1-3-8(9)5-4-7(2)6-10/h3-5H,1,6,10H2,2H3/b7-4-,8-5+. The van der Waals surface area contributed by atoms with Crippen molar-refractivity contribution in [2.24, 2.45) is 5.73 Å². The minimum Gasteiger partial charge on any atom is -0.327 e. The molecule has 0 bridgehead atoms. The fourth-order valence-corrected chi connectivity index (χ4v) is 0.421. The Bertz CT molecular complexity index is 168. The van der Waals surface area contributed by atoms with Gasteiger partial charge in [0.2, 0.25) is 0 Å². The summed E-state index contributed by atoms with van der Waals surface area (Å²) in [7, 11) is 0. The van der Waals surface area contributed by atoms with Crippen LogP contribution in [0.3, 0.4) is 0 Å². The maximum Gasteiger partial charge on any atom is 0.0400 e. The highest BCUT2D eigenvalue weighted by atomic mass is 35.5. The number of rotatable bonds is 3. The quantitative estimate of drug-likeness (QED) is 0.625. The molecule has 0 saturated heterocycles. The molecule has 0 aliphatic rings. The van der Waals surface area contributed by atoms with Crippen LogP contribution < -0.4 is 5.73 Å². The van der Waals surface area contributed by atoms with Gasteiger partial charge in [0, 0.05) is 11.6 Å². The van der Waals surface area contributed by atoms with Gasteiger partial charge in [-0.05, 0) is 13.0 Å². The first-order valence-corrected chi connectivity index (χ1v) is 3.44.